The molecule has 1 fully saturated rings. The number of hydrogen-bond acceptors (Lipinski definition) is 4. The molecule has 0 spiro atoms. The van der Waals surface area contributed by atoms with Crippen LogP contribution < -0.4 is 4.74 Å². The summed E-state index contributed by atoms with van der Waals surface area (Å²) in [5.41, 5.74) is -1.06. The highest BCUT2D eigenvalue weighted by molar-refractivity contribution is 5.91. The number of hydrogen-bond donors (Lipinski definition) is 0. The Hall–Kier alpha value is -3.03. The Bertz CT molecular complexity index is 1150. The van der Waals surface area contributed by atoms with Gasteiger partial charge in [-0.1, -0.05) is 24.6 Å². The quantitative estimate of drug-likeness (QED) is 0.360. The van der Waals surface area contributed by atoms with Gasteiger partial charge in [0, 0.05) is 29.3 Å². The number of ether oxygens (including phenoxy) is 1. The number of halogens is 4. The van der Waals surface area contributed by atoms with Gasteiger partial charge in [-0.3, -0.25) is 4.99 Å². The van der Waals surface area contributed by atoms with E-state index in [0.717, 1.165) is 6.21 Å². The Balaban J connectivity index is 1.84. The summed E-state index contributed by atoms with van der Waals surface area (Å²) in [6.45, 7) is 1.74. The van der Waals surface area contributed by atoms with Gasteiger partial charge in [0.05, 0.1) is 18.3 Å². The molecule has 0 aliphatic heterocycles. The number of aromatic nitrogens is 2. The predicted molar refractivity (Wildman–Crippen MR) is 110 cm³/mol. The van der Waals surface area contributed by atoms with Crippen LogP contribution in [0.25, 0.3) is 10.9 Å². The lowest BCUT2D eigenvalue weighted by atomic mass is 9.74. The third kappa shape index (κ3) is 3.64. The summed E-state index contributed by atoms with van der Waals surface area (Å²) in [5.74, 6) is -1.27. The largest absolute Gasteiger partial charge is 0.493 e. The molecule has 1 aromatic heterocycles. The number of fused-ring (bicyclic) bond motifs is 1. The molecule has 0 N–H and O–H groups in total. The van der Waals surface area contributed by atoms with E-state index in [9.17, 15) is 17.6 Å². The zero-order valence-corrected chi connectivity index (χ0v) is 17.1. The average Bonchev–Trinajstić information content (AvgIpc) is 3.17. The van der Waals surface area contributed by atoms with E-state index in [1.54, 1.807) is 31.3 Å². The fourth-order valence-electron chi connectivity index (χ4n) is 4.48. The van der Waals surface area contributed by atoms with Crippen LogP contribution in [0.3, 0.4) is 0 Å². The predicted octanol–water partition coefficient (Wildman–Crippen LogP) is 6.30. The van der Waals surface area contributed by atoms with Crippen molar-refractivity contribution in [3.05, 3.63) is 59.8 Å². The van der Waals surface area contributed by atoms with Gasteiger partial charge < -0.3 is 4.74 Å². The lowest BCUT2D eigenvalue weighted by Gasteiger charge is -2.35. The fraction of sp³-hybridized carbons (Fsp3) is 0.348. The van der Waals surface area contributed by atoms with Crippen LogP contribution in [0.15, 0.2) is 47.6 Å². The minimum atomic E-state index is -4.58. The highest BCUT2D eigenvalue weighted by Gasteiger charge is 2.61. The zero-order chi connectivity index (χ0) is 22.2. The molecule has 4 rings (SSSR count). The van der Waals surface area contributed by atoms with Gasteiger partial charge in [0.2, 0.25) is 0 Å². The molecule has 0 bridgehead atoms. The van der Waals surface area contributed by atoms with E-state index in [2.05, 4.69) is 15.0 Å². The summed E-state index contributed by atoms with van der Waals surface area (Å²) in [5, 5.41) is 0.569. The zero-order valence-electron chi connectivity index (χ0n) is 17.1. The maximum Gasteiger partial charge on any atom is 0.399 e. The number of para-hydroxylation sites is 1. The van der Waals surface area contributed by atoms with E-state index in [1.807, 2.05) is 0 Å². The summed E-state index contributed by atoms with van der Waals surface area (Å²) < 4.78 is 62.9. The Morgan fingerprint density at radius 2 is 1.97 bits per heavy atom. The molecule has 3 aromatic rings. The second kappa shape index (κ2) is 7.90. The summed E-state index contributed by atoms with van der Waals surface area (Å²) in [6.07, 6.45) is -1.57. The summed E-state index contributed by atoms with van der Waals surface area (Å²) >= 11 is 0. The van der Waals surface area contributed by atoms with Gasteiger partial charge in [0.25, 0.3) is 0 Å². The van der Waals surface area contributed by atoms with Gasteiger partial charge in [-0.2, -0.15) is 13.2 Å². The van der Waals surface area contributed by atoms with Crippen molar-refractivity contribution in [1.82, 2.24) is 9.97 Å². The second-order valence-corrected chi connectivity index (χ2v) is 7.73. The lowest BCUT2D eigenvalue weighted by molar-refractivity contribution is -0.198. The SMILES string of the molecule is COc1c(F)cccc1[C@H]1CCC[C@@]1(C=Nc1cccc2nc(C)ncc12)C(F)(F)F. The number of alkyl halides is 3. The molecule has 1 heterocycles. The fourth-order valence-corrected chi connectivity index (χ4v) is 4.48. The third-order valence-corrected chi connectivity index (χ3v) is 5.97. The summed E-state index contributed by atoms with van der Waals surface area (Å²) in [7, 11) is 1.26. The van der Waals surface area contributed by atoms with E-state index >= 15 is 0 Å². The topological polar surface area (TPSA) is 47.4 Å². The highest BCUT2D eigenvalue weighted by Crippen LogP contribution is 2.58. The van der Waals surface area contributed by atoms with E-state index in [4.69, 9.17) is 4.74 Å². The van der Waals surface area contributed by atoms with Gasteiger partial charge in [0.15, 0.2) is 11.6 Å². The molecule has 0 amide bonds. The minimum Gasteiger partial charge on any atom is -0.493 e. The first kappa shape index (κ1) is 21.2. The van der Waals surface area contributed by atoms with Crippen molar-refractivity contribution in [3.63, 3.8) is 0 Å². The molecular weight excluding hydrogens is 410 g/mol. The minimum absolute atomic E-state index is 0.134. The first-order valence-electron chi connectivity index (χ1n) is 9.93. The smallest absolute Gasteiger partial charge is 0.399 e. The number of rotatable bonds is 4. The highest BCUT2D eigenvalue weighted by atomic mass is 19.4. The van der Waals surface area contributed by atoms with E-state index < -0.39 is 23.3 Å². The molecule has 1 aliphatic carbocycles. The monoisotopic (exact) mass is 431 g/mol. The molecular formula is C23H21F4N3O. The van der Waals surface area contributed by atoms with Gasteiger partial charge >= 0.3 is 6.18 Å². The van der Waals surface area contributed by atoms with Crippen molar-refractivity contribution in [3.8, 4) is 5.75 Å². The standard InChI is InChI=1S/C23H21F4N3O/c1-14-28-12-16-19(9-4-10-20(16)30-14)29-13-22(23(25,26)27)11-5-7-17(22)15-6-3-8-18(24)21(15)31-2/h3-4,6,8-10,12-13,17H,5,7,11H2,1-2H3/t17-,22+/m1/s1. The molecule has 1 saturated carbocycles. The van der Waals surface area contributed by atoms with Crippen LogP contribution in [0.4, 0.5) is 23.2 Å². The Kier molecular flexibility index (Phi) is 5.41. The third-order valence-electron chi connectivity index (χ3n) is 5.97. The van der Waals surface area contributed by atoms with E-state index in [0.29, 0.717) is 28.8 Å². The summed E-state index contributed by atoms with van der Waals surface area (Å²) in [4.78, 5) is 12.7. The van der Waals surface area contributed by atoms with Crippen LogP contribution in [0.5, 0.6) is 5.75 Å². The first-order valence-corrected chi connectivity index (χ1v) is 9.93. The van der Waals surface area contributed by atoms with Crippen LogP contribution in [0, 0.1) is 18.2 Å². The molecule has 2 atom stereocenters. The Labute approximate surface area is 177 Å². The summed E-state index contributed by atoms with van der Waals surface area (Å²) in [6, 6.07) is 9.18. The van der Waals surface area contributed by atoms with Gasteiger partial charge in [-0.15, -0.1) is 0 Å². The maximum atomic E-state index is 14.5. The van der Waals surface area contributed by atoms with Crippen molar-refractivity contribution >= 4 is 22.8 Å². The Morgan fingerprint density at radius 1 is 1.19 bits per heavy atom. The van der Waals surface area contributed by atoms with Gasteiger partial charge in [-0.05, 0) is 38.0 Å². The molecule has 8 heteroatoms. The van der Waals surface area contributed by atoms with Crippen LogP contribution >= 0.6 is 0 Å². The molecule has 4 nitrogen and oxygen atoms in total. The number of aliphatic imine (C=N–C) groups is 1. The average molecular weight is 431 g/mol. The van der Waals surface area contributed by atoms with Crippen molar-refractivity contribution in [1.29, 1.82) is 0 Å². The number of methoxy groups -OCH3 is 1. The van der Waals surface area contributed by atoms with E-state index in [1.165, 1.54) is 25.3 Å². The molecule has 2 aromatic carbocycles. The first-order chi connectivity index (χ1) is 14.8. The molecule has 162 valence electrons. The molecule has 1 aliphatic rings. The van der Waals surface area contributed by atoms with Crippen molar-refractivity contribution in [2.24, 2.45) is 10.4 Å². The molecule has 0 saturated heterocycles. The van der Waals surface area contributed by atoms with Crippen molar-refractivity contribution in [2.75, 3.05) is 7.11 Å². The van der Waals surface area contributed by atoms with Crippen LogP contribution in [-0.4, -0.2) is 29.5 Å². The number of aryl methyl sites for hydroxylation is 1. The van der Waals surface area contributed by atoms with Crippen LogP contribution in [0.1, 0.15) is 36.6 Å². The van der Waals surface area contributed by atoms with Crippen LogP contribution in [-0.2, 0) is 0 Å². The second-order valence-electron chi connectivity index (χ2n) is 7.73. The van der Waals surface area contributed by atoms with Gasteiger partial charge in [-0.25, -0.2) is 14.4 Å². The van der Waals surface area contributed by atoms with Gasteiger partial charge in [0.1, 0.15) is 11.2 Å². The maximum absolute atomic E-state index is 14.5. The lowest BCUT2D eigenvalue weighted by Crippen LogP contribution is -2.41. The Morgan fingerprint density at radius 3 is 2.71 bits per heavy atom. The van der Waals surface area contributed by atoms with E-state index in [-0.39, 0.29) is 24.2 Å². The molecule has 31 heavy (non-hydrogen) atoms. The molecule has 0 radical (unpaired) electrons. The number of nitrogens with zero attached hydrogens (tertiary/aromatic N) is 3. The normalized spacial score (nSPS) is 21.8. The number of benzene rings is 2. The van der Waals surface area contributed by atoms with Crippen LogP contribution in [0.2, 0.25) is 0 Å². The molecule has 0 unspecified atom stereocenters. The van der Waals surface area contributed by atoms with Crippen molar-refractivity contribution < 1.29 is 22.3 Å². The van der Waals surface area contributed by atoms with Crippen molar-refractivity contribution in [2.45, 2.75) is 38.3 Å².